The van der Waals surface area contributed by atoms with E-state index >= 15 is 0 Å². The molecule has 1 heterocycles. The average molecular weight is 198 g/mol. The van der Waals surface area contributed by atoms with E-state index in [-0.39, 0.29) is 12.4 Å². The van der Waals surface area contributed by atoms with Crippen LogP contribution in [0.1, 0.15) is 27.2 Å². The zero-order valence-electron chi connectivity index (χ0n) is 8.57. The summed E-state index contributed by atoms with van der Waals surface area (Å²) < 4.78 is 5.13. The van der Waals surface area contributed by atoms with Crippen molar-refractivity contribution in [3.05, 3.63) is 24.2 Å². The van der Waals surface area contributed by atoms with Crippen LogP contribution in [0.5, 0.6) is 0 Å². The standard InChI is InChI=1S/C10H14O4/c1-10(2,3)14-9(11)6-8-4-5-12-13-7-8/h4-5,7H,6H2,1-3H3. The van der Waals surface area contributed by atoms with E-state index in [0.29, 0.717) is 0 Å². The molecule has 0 fully saturated rings. The number of hydrogen-bond donors (Lipinski definition) is 0. The Kier molecular flexibility index (Phi) is 3.17. The Morgan fingerprint density at radius 3 is 2.64 bits per heavy atom. The summed E-state index contributed by atoms with van der Waals surface area (Å²) in [5.74, 6) is -0.279. The van der Waals surface area contributed by atoms with Crippen LogP contribution >= 0.6 is 0 Å². The molecular formula is C10H14O4. The number of hydrogen-bond acceptors (Lipinski definition) is 4. The van der Waals surface area contributed by atoms with E-state index in [1.165, 1.54) is 12.5 Å². The van der Waals surface area contributed by atoms with Crippen molar-refractivity contribution in [3.8, 4) is 0 Å². The molecule has 4 nitrogen and oxygen atoms in total. The summed E-state index contributed by atoms with van der Waals surface area (Å²) in [7, 11) is 0. The fourth-order valence-corrected chi connectivity index (χ4v) is 0.921. The lowest BCUT2D eigenvalue weighted by molar-refractivity contribution is -0.200. The Bertz CT molecular complexity index is 270. The molecule has 0 aromatic rings. The van der Waals surface area contributed by atoms with Gasteiger partial charge in [-0.3, -0.25) is 14.6 Å². The lowest BCUT2D eigenvalue weighted by atomic mass is 10.1. The highest BCUT2D eigenvalue weighted by atomic mass is 17.2. The molecule has 0 saturated carbocycles. The lowest BCUT2D eigenvalue weighted by Crippen LogP contribution is -2.24. The lowest BCUT2D eigenvalue weighted by Gasteiger charge is -2.19. The number of carbonyl (C=O) groups is 1. The van der Waals surface area contributed by atoms with Gasteiger partial charge in [-0.2, -0.15) is 0 Å². The third kappa shape index (κ3) is 3.98. The Balaban J connectivity index is 2.41. The van der Waals surface area contributed by atoms with Crippen LogP contribution in [0.3, 0.4) is 0 Å². The van der Waals surface area contributed by atoms with Gasteiger partial charge in [0.15, 0.2) is 0 Å². The molecule has 1 rings (SSSR count). The van der Waals surface area contributed by atoms with Crippen molar-refractivity contribution in [2.75, 3.05) is 0 Å². The highest BCUT2D eigenvalue weighted by molar-refractivity contribution is 5.73. The molecule has 14 heavy (non-hydrogen) atoms. The number of allylic oxidation sites excluding steroid dienone is 1. The summed E-state index contributed by atoms with van der Waals surface area (Å²) in [6, 6.07) is 0. The number of esters is 1. The molecule has 1 aliphatic rings. The summed E-state index contributed by atoms with van der Waals surface area (Å²) in [4.78, 5) is 20.4. The van der Waals surface area contributed by atoms with E-state index in [9.17, 15) is 4.79 Å². The Morgan fingerprint density at radius 2 is 2.14 bits per heavy atom. The summed E-state index contributed by atoms with van der Waals surface area (Å²) >= 11 is 0. The van der Waals surface area contributed by atoms with Crippen LogP contribution in [0, 0.1) is 0 Å². The average Bonchev–Trinajstić information content (AvgIpc) is 2.02. The van der Waals surface area contributed by atoms with Gasteiger partial charge < -0.3 is 4.74 Å². The second-order valence-corrected chi connectivity index (χ2v) is 3.95. The zero-order chi connectivity index (χ0) is 10.6. The van der Waals surface area contributed by atoms with Gasteiger partial charge in [0.1, 0.15) is 18.1 Å². The monoisotopic (exact) mass is 198 g/mol. The topological polar surface area (TPSA) is 44.8 Å². The summed E-state index contributed by atoms with van der Waals surface area (Å²) in [5, 5.41) is 0. The number of rotatable bonds is 2. The number of ether oxygens (including phenoxy) is 1. The maximum Gasteiger partial charge on any atom is 0.310 e. The minimum atomic E-state index is -0.451. The zero-order valence-corrected chi connectivity index (χ0v) is 8.57. The highest BCUT2D eigenvalue weighted by Crippen LogP contribution is 2.14. The maximum absolute atomic E-state index is 11.3. The van der Waals surface area contributed by atoms with Gasteiger partial charge >= 0.3 is 5.97 Å². The first-order valence-corrected chi connectivity index (χ1v) is 4.37. The van der Waals surface area contributed by atoms with E-state index < -0.39 is 5.60 Å². The van der Waals surface area contributed by atoms with Crippen molar-refractivity contribution < 1.29 is 19.3 Å². The molecule has 0 atom stereocenters. The SMILES string of the molecule is CC(C)(C)OC(=O)CC1=COOC=C1. The van der Waals surface area contributed by atoms with Gasteiger partial charge in [-0.25, -0.2) is 0 Å². The van der Waals surface area contributed by atoms with Crippen LogP contribution in [0.4, 0.5) is 0 Å². The molecular weight excluding hydrogens is 184 g/mol. The molecule has 0 spiro atoms. The summed E-state index contributed by atoms with van der Waals surface area (Å²) in [5.41, 5.74) is 0.276. The highest BCUT2D eigenvalue weighted by Gasteiger charge is 2.17. The second-order valence-electron chi connectivity index (χ2n) is 3.95. The van der Waals surface area contributed by atoms with Gasteiger partial charge in [-0.15, -0.1) is 0 Å². The summed E-state index contributed by atoms with van der Waals surface area (Å²) in [6.45, 7) is 5.49. The smallest absolute Gasteiger partial charge is 0.310 e. The molecule has 0 unspecified atom stereocenters. The molecule has 0 radical (unpaired) electrons. The van der Waals surface area contributed by atoms with Gasteiger partial charge in [0, 0.05) is 5.57 Å². The second kappa shape index (κ2) is 4.17. The van der Waals surface area contributed by atoms with E-state index in [2.05, 4.69) is 9.78 Å². The maximum atomic E-state index is 11.3. The van der Waals surface area contributed by atoms with E-state index in [4.69, 9.17) is 4.74 Å². The fraction of sp³-hybridized carbons (Fsp3) is 0.500. The van der Waals surface area contributed by atoms with Crippen LogP contribution in [0.15, 0.2) is 24.2 Å². The first-order valence-electron chi connectivity index (χ1n) is 4.37. The molecule has 1 aliphatic heterocycles. The third-order valence-electron chi connectivity index (χ3n) is 1.36. The van der Waals surface area contributed by atoms with Crippen LogP contribution in [-0.4, -0.2) is 11.6 Å². The molecule has 0 aromatic carbocycles. The predicted octanol–water partition coefficient (Wildman–Crippen LogP) is 2.08. The molecule has 0 aromatic heterocycles. The Labute approximate surface area is 83.1 Å². The van der Waals surface area contributed by atoms with E-state index in [1.54, 1.807) is 6.08 Å². The predicted molar refractivity (Wildman–Crippen MR) is 49.9 cm³/mol. The van der Waals surface area contributed by atoms with Crippen LogP contribution in [-0.2, 0) is 19.3 Å². The number of carbonyl (C=O) groups excluding carboxylic acids is 1. The van der Waals surface area contributed by atoms with Crippen molar-refractivity contribution in [2.45, 2.75) is 32.8 Å². The molecule has 0 amide bonds. The summed E-state index contributed by atoms with van der Waals surface area (Å²) in [6.07, 6.45) is 4.61. The normalized spacial score (nSPS) is 15.2. The first kappa shape index (κ1) is 10.6. The van der Waals surface area contributed by atoms with Gasteiger partial charge in [-0.1, -0.05) is 0 Å². The van der Waals surface area contributed by atoms with Crippen LogP contribution < -0.4 is 0 Å². The van der Waals surface area contributed by atoms with Gasteiger partial charge in [0.2, 0.25) is 0 Å². The largest absolute Gasteiger partial charge is 0.460 e. The van der Waals surface area contributed by atoms with Crippen molar-refractivity contribution in [1.29, 1.82) is 0 Å². The minimum Gasteiger partial charge on any atom is -0.460 e. The molecule has 0 bridgehead atoms. The third-order valence-corrected chi connectivity index (χ3v) is 1.36. The van der Waals surface area contributed by atoms with E-state index in [0.717, 1.165) is 5.57 Å². The van der Waals surface area contributed by atoms with Gasteiger partial charge in [0.25, 0.3) is 0 Å². The fourth-order valence-electron chi connectivity index (χ4n) is 0.921. The minimum absolute atomic E-state index is 0.192. The van der Waals surface area contributed by atoms with Gasteiger partial charge in [0.05, 0.1) is 6.42 Å². The molecule has 0 N–H and O–H groups in total. The van der Waals surface area contributed by atoms with Crippen molar-refractivity contribution in [1.82, 2.24) is 0 Å². The molecule has 78 valence electrons. The van der Waals surface area contributed by atoms with Crippen molar-refractivity contribution in [2.24, 2.45) is 0 Å². The first-order chi connectivity index (χ1) is 6.47. The molecule has 0 aliphatic carbocycles. The van der Waals surface area contributed by atoms with Crippen molar-refractivity contribution >= 4 is 5.97 Å². The Morgan fingerprint density at radius 1 is 1.43 bits per heavy atom. The van der Waals surface area contributed by atoms with Crippen LogP contribution in [0.2, 0.25) is 0 Å². The van der Waals surface area contributed by atoms with Crippen molar-refractivity contribution in [3.63, 3.8) is 0 Å². The van der Waals surface area contributed by atoms with Crippen LogP contribution in [0.25, 0.3) is 0 Å². The molecule has 4 heteroatoms. The molecule has 0 saturated heterocycles. The van der Waals surface area contributed by atoms with E-state index in [1.807, 2.05) is 20.8 Å². The van der Waals surface area contributed by atoms with Gasteiger partial charge in [-0.05, 0) is 26.8 Å². The Hall–Kier alpha value is -1.45. The quantitative estimate of drug-likeness (QED) is 0.503.